The highest BCUT2D eigenvalue weighted by Crippen LogP contribution is 2.41. The minimum atomic E-state index is -2.13. The standard InChI is InChI=1S/C45H69N5O12Si2/c1-30-20-32(28-61-63(12,13)44(3,4)5)47(26-30)42(51)34-22-38(57-10)40(24-36(34)49(53)54)59-18-16-46(9)17-19-60-41-25-37(50(55)56)35(23-39(41)58-11)43(52)48-27-31(2)21-33(48)29-62-64(14,15)45(6,7)8/h22-25,32-33H,1-2,16-21,26-29H2,3-15H3/t32-,33-/m0/s1. The minimum absolute atomic E-state index is 0.0326. The van der Waals surface area contributed by atoms with Crippen LogP contribution in [0.3, 0.4) is 0 Å². The first-order chi connectivity index (χ1) is 29.6. The van der Waals surface area contributed by atoms with Gasteiger partial charge in [-0.05, 0) is 56.2 Å². The van der Waals surface area contributed by atoms with Crippen molar-refractivity contribution in [2.45, 2.75) is 103 Å². The van der Waals surface area contributed by atoms with Gasteiger partial charge in [0.25, 0.3) is 23.2 Å². The van der Waals surface area contributed by atoms with Crippen molar-refractivity contribution < 1.29 is 47.2 Å². The second-order valence-electron chi connectivity index (χ2n) is 19.8. The zero-order chi connectivity index (χ0) is 48.1. The Bertz CT molecular complexity index is 1950. The third-order valence-electron chi connectivity index (χ3n) is 13.0. The van der Waals surface area contributed by atoms with Crippen molar-refractivity contribution in [3.05, 3.63) is 79.9 Å². The summed E-state index contributed by atoms with van der Waals surface area (Å²) in [6, 6.07) is 4.47. The van der Waals surface area contributed by atoms with Crippen molar-refractivity contribution >= 4 is 39.8 Å². The maximum atomic E-state index is 14.0. The highest BCUT2D eigenvalue weighted by Gasteiger charge is 2.43. The lowest BCUT2D eigenvalue weighted by Crippen LogP contribution is -2.46. The molecule has 0 aliphatic carbocycles. The summed E-state index contributed by atoms with van der Waals surface area (Å²) in [6.45, 7) is 31.5. The van der Waals surface area contributed by atoms with Crippen molar-refractivity contribution in [2.24, 2.45) is 0 Å². The molecule has 0 saturated carbocycles. The molecule has 4 rings (SSSR count). The summed E-state index contributed by atoms with van der Waals surface area (Å²) >= 11 is 0. The van der Waals surface area contributed by atoms with E-state index in [0.29, 0.717) is 39.1 Å². The Morgan fingerprint density at radius 1 is 0.688 bits per heavy atom. The molecule has 0 unspecified atom stereocenters. The van der Waals surface area contributed by atoms with Gasteiger partial charge in [0.15, 0.2) is 39.6 Å². The second kappa shape index (κ2) is 20.6. The Morgan fingerprint density at radius 2 is 1.03 bits per heavy atom. The molecule has 0 radical (unpaired) electrons. The molecule has 19 heteroatoms. The van der Waals surface area contributed by atoms with Crippen LogP contribution in [0.2, 0.25) is 36.3 Å². The van der Waals surface area contributed by atoms with Gasteiger partial charge in [-0.15, -0.1) is 0 Å². The zero-order valence-electron chi connectivity index (χ0n) is 40.1. The molecule has 0 N–H and O–H groups in total. The monoisotopic (exact) mass is 927 g/mol. The average Bonchev–Trinajstić information content (AvgIpc) is 3.78. The van der Waals surface area contributed by atoms with E-state index < -0.39 is 49.7 Å². The molecule has 0 spiro atoms. The fourth-order valence-corrected chi connectivity index (χ4v) is 8.99. The number of nitro benzene ring substituents is 2. The Hall–Kier alpha value is -4.83. The molecule has 2 aliphatic heterocycles. The lowest BCUT2D eigenvalue weighted by atomic mass is 10.1. The first-order valence-corrected chi connectivity index (χ1v) is 27.3. The van der Waals surface area contributed by atoms with Crippen LogP contribution < -0.4 is 18.9 Å². The van der Waals surface area contributed by atoms with E-state index in [4.69, 9.17) is 27.8 Å². The highest BCUT2D eigenvalue weighted by molar-refractivity contribution is 6.74. The molecular weight excluding hydrogens is 859 g/mol. The molecular formula is C45H69N5O12Si2. The second-order valence-corrected chi connectivity index (χ2v) is 29.4. The topological polar surface area (TPSA) is 186 Å². The van der Waals surface area contributed by atoms with Crippen molar-refractivity contribution in [2.75, 3.05) is 73.9 Å². The molecule has 2 aliphatic rings. The molecule has 0 bridgehead atoms. The van der Waals surface area contributed by atoms with Crippen LogP contribution in [0.4, 0.5) is 11.4 Å². The van der Waals surface area contributed by atoms with Crippen LogP contribution in [0.15, 0.2) is 48.6 Å². The molecule has 2 aromatic carbocycles. The van der Waals surface area contributed by atoms with E-state index in [-0.39, 0.29) is 82.6 Å². The molecule has 2 aromatic rings. The van der Waals surface area contributed by atoms with Gasteiger partial charge < -0.3 is 37.6 Å². The number of carbonyl (C=O) groups excluding carboxylic acids is 2. The highest BCUT2D eigenvalue weighted by atomic mass is 28.4. The predicted molar refractivity (Wildman–Crippen MR) is 251 cm³/mol. The first-order valence-electron chi connectivity index (χ1n) is 21.5. The maximum absolute atomic E-state index is 14.0. The van der Waals surface area contributed by atoms with Crippen LogP contribution in [-0.2, 0) is 8.85 Å². The largest absolute Gasteiger partial charge is 0.493 e. The van der Waals surface area contributed by atoms with Gasteiger partial charge in [0.2, 0.25) is 0 Å². The number of hydrogen-bond donors (Lipinski definition) is 0. The summed E-state index contributed by atoms with van der Waals surface area (Å²) in [4.78, 5) is 56.5. The summed E-state index contributed by atoms with van der Waals surface area (Å²) in [6.07, 6.45) is 1.08. The molecule has 2 heterocycles. The molecule has 2 atom stereocenters. The number of hydrogen-bond acceptors (Lipinski definition) is 13. The van der Waals surface area contributed by atoms with Crippen molar-refractivity contribution in [3.8, 4) is 23.0 Å². The first kappa shape index (κ1) is 51.8. The van der Waals surface area contributed by atoms with Crippen LogP contribution in [0.5, 0.6) is 23.0 Å². The predicted octanol–water partition coefficient (Wildman–Crippen LogP) is 8.49. The van der Waals surface area contributed by atoms with Crippen LogP contribution in [0.25, 0.3) is 0 Å². The lowest BCUT2D eigenvalue weighted by molar-refractivity contribution is -0.385. The Kier molecular flexibility index (Phi) is 16.6. The fraction of sp³-hybridized carbons (Fsp3) is 0.600. The van der Waals surface area contributed by atoms with Crippen molar-refractivity contribution in [1.29, 1.82) is 0 Å². The number of likely N-dealkylation sites (tertiary alicyclic amines) is 2. The van der Waals surface area contributed by atoms with E-state index in [1.807, 2.05) is 4.90 Å². The molecule has 17 nitrogen and oxygen atoms in total. The number of rotatable bonds is 20. The van der Waals surface area contributed by atoms with E-state index >= 15 is 0 Å². The van der Waals surface area contributed by atoms with Gasteiger partial charge in [-0.3, -0.25) is 34.7 Å². The third-order valence-corrected chi connectivity index (χ3v) is 22.0. The number of nitrogens with zero attached hydrogens (tertiary/aromatic N) is 5. The minimum Gasteiger partial charge on any atom is -0.493 e. The van der Waals surface area contributed by atoms with E-state index in [0.717, 1.165) is 11.1 Å². The van der Waals surface area contributed by atoms with Crippen LogP contribution >= 0.6 is 0 Å². The van der Waals surface area contributed by atoms with E-state index in [1.54, 1.807) is 16.8 Å². The zero-order valence-corrected chi connectivity index (χ0v) is 42.1. The number of likely N-dealkylation sites (N-methyl/N-ethyl adjacent to an activating group) is 1. The third kappa shape index (κ3) is 12.3. The number of ether oxygens (including phenoxy) is 4. The van der Waals surface area contributed by atoms with Crippen LogP contribution in [0, 0.1) is 20.2 Å². The molecule has 2 amide bonds. The molecule has 2 fully saturated rings. The lowest BCUT2D eigenvalue weighted by Gasteiger charge is -2.38. The maximum Gasteiger partial charge on any atom is 0.286 e. The average molecular weight is 928 g/mol. The van der Waals surface area contributed by atoms with E-state index in [1.165, 1.54) is 38.5 Å². The molecule has 64 heavy (non-hydrogen) atoms. The molecule has 354 valence electrons. The van der Waals surface area contributed by atoms with Crippen LogP contribution in [0.1, 0.15) is 75.1 Å². The number of nitro groups is 2. The number of benzene rings is 2. The van der Waals surface area contributed by atoms with Crippen molar-refractivity contribution in [1.82, 2.24) is 14.7 Å². The normalized spacial score (nSPS) is 17.3. The SMILES string of the molecule is C=C1C[C@@H](CO[Si](C)(C)C(C)(C)C)N(C(=O)c2cc(OC)c(OCCN(C)CCOc3cc([N+](=O)[O-])c(C(=O)N4CC(=C)C[C@H]4CO[Si](C)(C)C(C)(C)C)cc3OC)cc2[N+](=O)[O-])C1. The van der Waals surface area contributed by atoms with Gasteiger partial charge in [-0.1, -0.05) is 65.8 Å². The van der Waals surface area contributed by atoms with Crippen LogP contribution in [-0.4, -0.2) is 139 Å². The van der Waals surface area contributed by atoms with Gasteiger partial charge >= 0.3 is 0 Å². The summed E-state index contributed by atoms with van der Waals surface area (Å²) in [7, 11) is 0.332. The number of amides is 2. The van der Waals surface area contributed by atoms with Gasteiger partial charge in [0.1, 0.15) is 24.3 Å². The quantitative estimate of drug-likeness (QED) is 0.0533. The summed E-state index contributed by atoms with van der Waals surface area (Å²) < 4.78 is 35.9. The van der Waals surface area contributed by atoms with E-state index in [2.05, 4.69) is 80.9 Å². The summed E-state index contributed by atoms with van der Waals surface area (Å²) in [5.41, 5.74) is 0.604. The number of carbonyl (C=O) groups is 2. The van der Waals surface area contributed by atoms with Crippen molar-refractivity contribution in [3.63, 3.8) is 0 Å². The molecule has 2 saturated heterocycles. The fourth-order valence-electron chi connectivity index (χ4n) is 6.90. The van der Waals surface area contributed by atoms with Gasteiger partial charge in [0, 0.05) is 38.3 Å². The Balaban J connectivity index is 1.40. The number of methoxy groups -OCH3 is 2. The van der Waals surface area contributed by atoms with Gasteiger partial charge in [-0.25, -0.2) is 0 Å². The van der Waals surface area contributed by atoms with Gasteiger partial charge in [-0.2, -0.15) is 0 Å². The Morgan fingerprint density at radius 3 is 1.33 bits per heavy atom. The van der Waals surface area contributed by atoms with Gasteiger partial charge in [0.05, 0.1) is 61.5 Å². The summed E-state index contributed by atoms with van der Waals surface area (Å²) in [5.74, 6) is -0.524. The summed E-state index contributed by atoms with van der Waals surface area (Å²) in [5, 5.41) is 24.6. The Labute approximate surface area is 380 Å². The van der Waals surface area contributed by atoms with E-state index in [9.17, 15) is 29.8 Å². The smallest absolute Gasteiger partial charge is 0.286 e. The molecule has 0 aromatic heterocycles.